The Balaban J connectivity index is 1.90. The van der Waals surface area contributed by atoms with E-state index in [4.69, 9.17) is 0 Å². The topological polar surface area (TPSA) is 58.3 Å². The van der Waals surface area contributed by atoms with Crippen LogP contribution in [0.3, 0.4) is 0 Å². The van der Waals surface area contributed by atoms with E-state index in [1.54, 1.807) is 6.33 Å². The number of guanidine groups is 1. The Labute approximate surface area is 134 Å². The number of nitrogens with zero attached hydrogens (tertiary/aromatic N) is 5. The van der Waals surface area contributed by atoms with Crippen LogP contribution in [0.1, 0.15) is 45.9 Å². The van der Waals surface area contributed by atoms with Crippen LogP contribution in [0.2, 0.25) is 0 Å². The lowest BCUT2D eigenvalue weighted by atomic mass is 9.87. The molecule has 0 bridgehead atoms. The maximum atomic E-state index is 4.44. The summed E-state index contributed by atoms with van der Waals surface area (Å²) >= 11 is 0. The SMILES string of the molecule is CCC(CC)C1CCN(C(=NC)NCc2nncn2CC)C1. The minimum absolute atomic E-state index is 0.673. The molecule has 0 aliphatic carbocycles. The van der Waals surface area contributed by atoms with Crippen LogP contribution in [0.4, 0.5) is 0 Å². The second kappa shape index (κ2) is 8.15. The molecule has 0 saturated carbocycles. The Kier molecular flexibility index (Phi) is 6.21. The number of hydrogen-bond acceptors (Lipinski definition) is 3. The molecule has 0 spiro atoms. The van der Waals surface area contributed by atoms with Gasteiger partial charge in [0.15, 0.2) is 11.8 Å². The van der Waals surface area contributed by atoms with Gasteiger partial charge in [-0.05, 0) is 25.2 Å². The highest BCUT2D eigenvalue weighted by Gasteiger charge is 2.29. The van der Waals surface area contributed by atoms with E-state index >= 15 is 0 Å². The summed E-state index contributed by atoms with van der Waals surface area (Å²) in [5.41, 5.74) is 0. The van der Waals surface area contributed by atoms with E-state index in [9.17, 15) is 0 Å². The highest BCUT2D eigenvalue weighted by molar-refractivity contribution is 5.80. The fraction of sp³-hybridized carbons (Fsp3) is 0.812. The lowest BCUT2D eigenvalue weighted by Gasteiger charge is -2.24. The van der Waals surface area contributed by atoms with Gasteiger partial charge >= 0.3 is 0 Å². The third kappa shape index (κ3) is 3.78. The Hall–Kier alpha value is -1.59. The van der Waals surface area contributed by atoms with E-state index in [0.717, 1.165) is 43.3 Å². The quantitative estimate of drug-likeness (QED) is 0.646. The molecular formula is C16H30N6. The van der Waals surface area contributed by atoms with Gasteiger partial charge in [0.1, 0.15) is 6.33 Å². The molecule has 0 radical (unpaired) electrons. The van der Waals surface area contributed by atoms with Gasteiger partial charge < -0.3 is 14.8 Å². The van der Waals surface area contributed by atoms with E-state index in [1.165, 1.54) is 19.3 Å². The number of aryl methyl sites for hydroxylation is 1. The molecule has 1 fully saturated rings. The molecule has 1 aliphatic rings. The number of nitrogens with one attached hydrogen (secondary N) is 1. The third-order valence-corrected chi connectivity index (χ3v) is 4.89. The van der Waals surface area contributed by atoms with E-state index in [0.29, 0.717) is 6.54 Å². The highest BCUT2D eigenvalue weighted by atomic mass is 15.3. The standard InChI is InChI=1S/C16H30N6/c1-5-13(6-2)14-8-9-22(11-14)16(17-4)18-10-15-20-19-12-21(15)7-3/h12-14H,5-11H2,1-4H3,(H,17,18). The average molecular weight is 306 g/mol. The molecule has 124 valence electrons. The molecule has 2 heterocycles. The summed E-state index contributed by atoms with van der Waals surface area (Å²) in [5.74, 6) is 3.58. The first-order valence-electron chi connectivity index (χ1n) is 8.55. The lowest BCUT2D eigenvalue weighted by Crippen LogP contribution is -2.40. The summed E-state index contributed by atoms with van der Waals surface area (Å²) < 4.78 is 2.05. The molecule has 1 saturated heterocycles. The van der Waals surface area contributed by atoms with Crippen molar-refractivity contribution in [1.29, 1.82) is 0 Å². The zero-order chi connectivity index (χ0) is 15.9. The van der Waals surface area contributed by atoms with Crippen LogP contribution in [-0.4, -0.2) is 45.8 Å². The van der Waals surface area contributed by atoms with Gasteiger partial charge in [-0.1, -0.05) is 26.7 Å². The number of aromatic nitrogens is 3. The summed E-state index contributed by atoms with van der Waals surface area (Å²) in [7, 11) is 1.86. The van der Waals surface area contributed by atoms with Crippen molar-refractivity contribution >= 4 is 5.96 Å². The Morgan fingerprint density at radius 3 is 2.82 bits per heavy atom. The van der Waals surface area contributed by atoms with E-state index in [2.05, 4.69) is 50.7 Å². The zero-order valence-electron chi connectivity index (χ0n) is 14.4. The molecule has 0 amide bonds. The van der Waals surface area contributed by atoms with Crippen molar-refractivity contribution in [2.45, 2.75) is 53.1 Å². The van der Waals surface area contributed by atoms with Crippen LogP contribution < -0.4 is 5.32 Å². The largest absolute Gasteiger partial charge is 0.349 e. The fourth-order valence-electron chi connectivity index (χ4n) is 3.49. The molecule has 6 heteroatoms. The first kappa shape index (κ1) is 16.8. The fourth-order valence-corrected chi connectivity index (χ4v) is 3.49. The van der Waals surface area contributed by atoms with Crippen LogP contribution in [0, 0.1) is 11.8 Å². The van der Waals surface area contributed by atoms with Crippen LogP contribution >= 0.6 is 0 Å². The molecule has 0 aromatic carbocycles. The van der Waals surface area contributed by atoms with Gasteiger partial charge in [-0.15, -0.1) is 10.2 Å². The predicted molar refractivity (Wildman–Crippen MR) is 89.6 cm³/mol. The Morgan fingerprint density at radius 2 is 2.18 bits per heavy atom. The molecule has 22 heavy (non-hydrogen) atoms. The molecule has 1 aliphatic heterocycles. The molecule has 1 N–H and O–H groups in total. The van der Waals surface area contributed by atoms with Crippen LogP contribution in [0.25, 0.3) is 0 Å². The van der Waals surface area contributed by atoms with E-state index < -0.39 is 0 Å². The first-order chi connectivity index (χ1) is 10.7. The summed E-state index contributed by atoms with van der Waals surface area (Å²) in [6, 6.07) is 0. The zero-order valence-corrected chi connectivity index (χ0v) is 14.4. The van der Waals surface area contributed by atoms with Gasteiger partial charge in [-0.25, -0.2) is 0 Å². The smallest absolute Gasteiger partial charge is 0.194 e. The minimum Gasteiger partial charge on any atom is -0.349 e. The van der Waals surface area contributed by atoms with Crippen molar-refractivity contribution < 1.29 is 0 Å². The van der Waals surface area contributed by atoms with Crippen molar-refractivity contribution in [3.63, 3.8) is 0 Å². The molecular weight excluding hydrogens is 276 g/mol. The van der Waals surface area contributed by atoms with Gasteiger partial charge in [-0.2, -0.15) is 0 Å². The highest BCUT2D eigenvalue weighted by Crippen LogP contribution is 2.28. The lowest BCUT2D eigenvalue weighted by molar-refractivity contribution is 0.319. The second-order valence-electron chi connectivity index (χ2n) is 6.01. The van der Waals surface area contributed by atoms with Crippen LogP contribution in [0.5, 0.6) is 0 Å². The summed E-state index contributed by atoms with van der Waals surface area (Å²) in [6.45, 7) is 10.5. The van der Waals surface area contributed by atoms with Gasteiger partial charge in [-0.3, -0.25) is 4.99 Å². The molecule has 1 atom stereocenters. The van der Waals surface area contributed by atoms with Gasteiger partial charge in [0.2, 0.25) is 0 Å². The van der Waals surface area contributed by atoms with Crippen molar-refractivity contribution in [1.82, 2.24) is 25.0 Å². The van der Waals surface area contributed by atoms with Crippen molar-refractivity contribution in [3.8, 4) is 0 Å². The number of aliphatic imine (C=N–C) groups is 1. The monoisotopic (exact) mass is 306 g/mol. The molecule has 2 rings (SSSR count). The van der Waals surface area contributed by atoms with Gasteiger partial charge in [0, 0.05) is 26.7 Å². The molecule has 1 aromatic rings. The number of likely N-dealkylation sites (tertiary alicyclic amines) is 1. The Morgan fingerprint density at radius 1 is 1.41 bits per heavy atom. The van der Waals surface area contributed by atoms with Crippen molar-refractivity contribution in [2.24, 2.45) is 16.8 Å². The third-order valence-electron chi connectivity index (χ3n) is 4.89. The van der Waals surface area contributed by atoms with E-state index in [1.807, 2.05) is 7.05 Å². The predicted octanol–water partition coefficient (Wildman–Crippen LogP) is 2.13. The van der Waals surface area contributed by atoms with Crippen molar-refractivity contribution in [3.05, 3.63) is 12.2 Å². The average Bonchev–Trinajstić information content (AvgIpc) is 3.19. The van der Waals surface area contributed by atoms with Gasteiger partial charge in [0.25, 0.3) is 0 Å². The Bertz CT molecular complexity index is 477. The number of hydrogen-bond donors (Lipinski definition) is 1. The van der Waals surface area contributed by atoms with E-state index in [-0.39, 0.29) is 0 Å². The maximum absolute atomic E-state index is 4.44. The van der Waals surface area contributed by atoms with Gasteiger partial charge in [0.05, 0.1) is 6.54 Å². The molecule has 1 aromatic heterocycles. The number of rotatable bonds is 6. The normalized spacial score (nSPS) is 19.2. The molecule has 6 nitrogen and oxygen atoms in total. The maximum Gasteiger partial charge on any atom is 0.194 e. The summed E-state index contributed by atoms with van der Waals surface area (Å²) in [4.78, 5) is 6.83. The minimum atomic E-state index is 0.673. The van der Waals surface area contributed by atoms with Crippen molar-refractivity contribution in [2.75, 3.05) is 20.1 Å². The summed E-state index contributed by atoms with van der Waals surface area (Å²) in [6.07, 6.45) is 5.61. The second-order valence-corrected chi connectivity index (χ2v) is 6.01. The molecule has 1 unspecified atom stereocenters. The van der Waals surface area contributed by atoms with Crippen LogP contribution in [-0.2, 0) is 13.1 Å². The first-order valence-corrected chi connectivity index (χ1v) is 8.55. The summed E-state index contributed by atoms with van der Waals surface area (Å²) in [5, 5.41) is 11.6. The van der Waals surface area contributed by atoms with Crippen LogP contribution in [0.15, 0.2) is 11.3 Å².